The molecule has 1 N–H and O–H groups in total. The average Bonchev–Trinajstić information content (AvgIpc) is 3.00. The number of benzene rings is 3. The Morgan fingerprint density at radius 1 is 0.951 bits per heavy atom. The van der Waals surface area contributed by atoms with Crippen LogP contribution in [0.3, 0.4) is 0 Å². The van der Waals surface area contributed by atoms with Gasteiger partial charge in [-0.2, -0.15) is 0 Å². The summed E-state index contributed by atoms with van der Waals surface area (Å²) in [6, 6.07) is 22.4. The number of nitrogens with one attached hydrogen (secondary N) is 1. The van der Waals surface area contributed by atoms with Crippen LogP contribution in [0.15, 0.2) is 78.9 Å². The van der Waals surface area contributed by atoms with Crippen molar-refractivity contribution in [3.63, 3.8) is 0 Å². The first-order valence-electron chi connectivity index (χ1n) is 13.7. The Labute approximate surface area is 239 Å². The van der Waals surface area contributed by atoms with Crippen molar-refractivity contribution in [2.45, 2.75) is 37.9 Å². The molecule has 2 aliphatic rings. The van der Waals surface area contributed by atoms with E-state index in [1.807, 2.05) is 48.5 Å². The molecule has 5 rings (SSSR count). The van der Waals surface area contributed by atoms with E-state index in [4.69, 9.17) is 9.47 Å². The number of hydrogen-bond donors (Lipinski definition) is 1. The predicted molar refractivity (Wildman–Crippen MR) is 151 cm³/mol. The summed E-state index contributed by atoms with van der Waals surface area (Å²) in [6.07, 6.45) is -0.250. The van der Waals surface area contributed by atoms with Gasteiger partial charge < -0.3 is 24.6 Å². The fourth-order valence-corrected chi connectivity index (χ4v) is 5.72. The molecule has 0 aromatic heterocycles. The molecule has 9 heteroatoms. The standard InChI is InChI=1S/C32H33N3O6/c1-3-41-27(36)19-26-30(37)33-17-18-34(26)32(39)28-24-11-7-8-12-25(24)31(38)35(20-21-9-5-4-6-10-21)29(28)22-13-15-23(40-2)16-14-22/h4-16,26,28-29H,3,17-20H2,1-2H3,(H,33,37)/t26?,28-,29-/m0/s1. The second kappa shape index (κ2) is 12.2. The molecule has 3 amide bonds. The van der Waals surface area contributed by atoms with Gasteiger partial charge in [0.1, 0.15) is 11.8 Å². The maximum Gasteiger partial charge on any atom is 0.308 e. The summed E-state index contributed by atoms with van der Waals surface area (Å²) in [7, 11) is 1.58. The Bertz CT molecular complexity index is 1420. The van der Waals surface area contributed by atoms with E-state index in [2.05, 4.69) is 5.32 Å². The summed E-state index contributed by atoms with van der Waals surface area (Å²) >= 11 is 0. The molecule has 1 fully saturated rings. The van der Waals surface area contributed by atoms with Crippen LogP contribution in [0, 0.1) is 0 Å². The Balaban J connectivity index is 1.63. The number of carbonyl (C=O) groups excluding carboxylic acids is 4. The van der Waals surface area contributed by atoms with Gasteiger partial charge in [-0.25, -0.2) is 0 Å². The second-order valence-electron chi connectivity index (χ2n) is 10.0. The first-order valence-corrected chi connectivity index (χ1v) is 13.7. The lowest BCUT2D eigenvalue weighted by atomic mass is 9.78. The summed E-state index contributed by atoms with van der Waals surface area (Å²) in [5, 5.41) is 2.77. The highest BCUT2D eigenvalue weighted by atomic mass is 16.5. The van der Waals surface area contributed by atoms with Crippen molar-refractivity contribution in [1.29, 1.82) is 0 Å². The third-order valence-corrected chi connectivity index (χ3v) is 7.64. The highest BCUT2D eigenvalue weighted by Gasteiger charge is 2.48. The normalized spacial score (nSPS) is 20.2. The van der Waals surface area contributed by atoms with Gasteiger partial charge in [0.15, 0.2) is 0 Å². The number of esters is 1. The minimum Gasteiger partial charge on any atom is -0.497 e. The van der Waals surface area contributed by atoms with E-state index in [-0.39, 0.29) is 44.5 Å². The summed E-state index contributed by atoms with van der Waals surface area (Å²) in [5.74, 6) is -1.64. The Kier molecular flexibility index (Phi) is 8.33. The van der Waals surface area contributed by atoms with Crippen LogP contribution in [-0.2, 0) is 25.7 Å². The van der Waals surface area contributed by atoms with Gasteiger partial charge in [-0.05, 0) is 41.8 Å². The molecule has 0 radical (unpaired) electrons. The third-order valence-electron chi connectivity index (χ3n) is 7.64. The molecular weight excluding hydrogens is 522 g/mol. The summed E-state index contributed by atoms with van der Waals surface area (Å²) in [6.45, 7) is 2.64. The molecule has 1 unspecified atom stereocenters. The SMILES string of the molecule is CCOC(=O)CC1C(=O)NCCN1C(=O)[C@H]1c2ccccc2C(=O)N(Cc2ccccc2)[C@H]1c1ccc(OC)cc1. The van der Waals surface area contributed by atoms with E-state index < -0.39 is 29.9 Å². The quantitative estimate of drug-likeness (QED) is 0.427. The largest absolute Gasteiger partial charge is 0.497 e. The first kappa shape index (κ1) is 27.9. The third kappa shape index (κ3) is 5.66. The molecule has 0 saturated carbocycles. The first-order chi connectivity index (χ1) is 19.9. The predicted octanol–water partition coefficient (Wildman–Crippen LogP) is 3.46. The molecule has 9 nitrogen and oxygen atoms in total. The van der Waals surface area contributed by atoms with Gasteiger partial charge in [0, 0.05) is 25.2 Å². The maximum absolute atomic E-state index is 14.7. The number of rotatable bonds is 8. The fourth-order valence-electron chi connectivity index (χ4n) is 5.72. The molecule has 0 aliphatic carbocycles. The lowest BCUT2D eigenvalue weighted by Gasteiger charge is -2.45. The number of fused-ring (bicyclic) bond motifs is 1. The van der Waals surface area contributed by atoms with Crippen molar-refractivity contribution in [2.75, 3.05) is 26.8 Å². The molecule has 3 atom stereocenters. The molecule has 3 aromatic carbocycles. The molecule has 0 bridgehead atoms. The average molecular weight is 556 g/mol. The molecule has 2 aliphatic heterocycles. The van der Waals surface area contributed by atoms with E-state index in [1.54, 1.807) is 49.3 Å². The number of carbonyl (C=O) groups is 4. The van der Waals surface area contributed by atoms with Gasteiger partial charge in [0.25, 0.3) is 5.91 Å². The van der Waals surface area contributed by atoms with Crippen molar-refractivity contribution in [3.05, 3.63) is 101 Å². The minimum atomic E-state index is -1.01. The molecule has 1 saturated heterocycles. The van der Waals surface area contributed by atoms with Crippen molar-refractivity contribution >= 4 is 23.7 Å². The molecular formula is C32H33N3O6. The van der Waals surface area contributed by atoms with Crippen LogP contribution < -0.4 is 10.1 Å². The zero-order valence-electron chi connectivity index (χ0n) is 23.1. The van der Waals surface area contributed by atoms with Crippen LogP contribution in [0.2, 0.25) is 0 Å². The smallest absolute Gasteiger partial charge is 0.308 e. The summed E-state index contributed by atoms with van der Waals surface area (Å²) in [4.78, 5) is 57.3. The van der Waals surface area contributed by atoms with Gasteiger partial charge in [0.2, 0.25) is 11.8 Å². The van der Waals surface area contributed by atoms with Crippen LogP contribution in [0.4, 0.5) is 0 Å². The molecule has 3 aromatic rings. The number of hydrogen-bond acceptors (Lipinski definition) is 6. The fraction of sp³-hybridized carbons (Fsp3) is 0.312. The van der Waals surface area contributed by atoms with Crippen molar-refractivity contribution < 1.29 is 28.7 Å². The zero-order valence-corrected chi connectivity index (χ0v) is 23.1. The van der Waals surface area contributed by atoms with Crippen molar-refractivity contribution in [3.8, 4) is 5.75 Å². The molecule has 0 spiro atoms. The number of nitrogens with zero attached hydrogens (tertiary/aromatic N) is 2. The van der Waals surface area contributed by atoms with Gasteiger partial charge >= 0.3 is 5.97 Å². The topological polar surface area (TPSA) is 105 Å². The van der Waals surface area contributed by atoms with Crippen molar-refractivity contribution in [1.82, 2.24) is 15.1 Å². The zero-order chi connectivity index (χ0) is 28.9. The maximum atomic E-state index is 14.7. The molecule has 41 heavy (non-hydrogen) atoms. The number of piperazine rings is 1. The Hall–Kier alpha value is -4.66. The highest BCUT2D eigenvalue weighted by Crippen LogP contribution is 2.45. The van der Waals surface area contributed by atoms with Gasteiger partial charge in [-0.1, -0.05) is 60.7 Å². The van der Waals surface area contributed by atoms with Crippen LogP contribution in [0.25, 0.3) is 0 Å². The molecule has 212 valence electrons. The van der Waals surface area contributed by atoms with Crippen LogP contribution in [-0.4, -0.2) is 66.3 Å². The lowest BCUT2D eigenvalue weighted by Crippen LogP contribution is -2.60. The van der Waals surface area contributed by atoms with E-state index in [9.17, 15) is 19.2 Å². The molecule has 2 heterocycles. The number of methoxy groups -OCH3 is 1. The lowest BCUT2D eigenvalue weighted by molar-refractivity contribution is -0.152. The summed E-state index contributed by atoms with van der Waals surface area (Å²) in [5.41, 5.74) is 2.71. The second-order valence-corrected chi connectivity index (χ2v) is 10.0. The number of amides is 3. The van der Waals surface area contributed by atoms with E-state index >= 15 is 0 Å². The van der Waals surface area contributed by atoms with E-state index in [1.165, 1.54) is 4.90 Å². The van der Waals surface area contributed by atoms with Gasteiger partial charge in [-0.3, -0.25) is 19.2 Å². The van der Waals surface area contributed by atoms with Gasteiger partial charge in [0.05, 0.1) is 32.1 Å². The minimum absolute atomic E-state index is 0.174. The Morgan fingerprint density at radius 2 is 1.66 bits per heavy atom. The van der Waals surface area contributed by atoms with Gasteiger partial charge in [-0.15, -0.1) is 0 Å². The van der Waals surface area contributed by atoms with Crippen LogP contribution in [0.1, 0.15) is 52.4 Å². The Morgan fingerprint density at radius 3 is 2.37 bits per heavy atom. The van der Waals surface area contributed by atoms with Crippen LogP contribution in [0.5, 0.6) is 5.75 Å². The summed E-state index contributed by atoms with van der Waals surface area (Å²) < 4.78 is 10.5. The van der Waals surface area contributed by atoms with Crippen LogP contribution >= 0.6 is 0 Å². The van der Waals surface area contributed by atoms with Crippen molar-refractivity contribution in [2.24, 2.45) is 0 Å². The monoisotopic (exact) mass is 555 g/mol. The van der Waals surface area contributed by atoms with E-state index in [0.29, 0.717) is 16.9 Å². The number of ether oxygens (including phenoxy) is 2. The highest BCUT2D eigenvalue weighted by molar-refractivity contribution is 6.02. The van der Waals surface area contributed by atoms with E-state index in [0.717, 1.165) is 11.1 Å².